The fraction of sp³-hybridized carbons (Fsp3) is 0.200. The number of alkyl halides is 1. The number of aromatic nitrogens is 2. The first-order chi connectivity index (χ1) is 6.92. The molecule has 0 aliphatic rings. The summed E-state index contributed by atoms with van der Waals surface area (Å²) in [5.41, 5.74) is 2.42. The summed E-state index contributed by atoms with van der Waals surface area (Å²) in [5.74, 6) is 0. The Labute approximate surface area is 81.0 Å². The summed E-state index contributed by atoms with van der Waals surface area (Å²) in [6.07, 6.45) is 3.38. The highest BCUT2D eigenvalue weighted by Crippen LogP contribution is 2.17. The molecular formula is C10H10FN3. The van der Waals surface area contributed by atoms with Crippen LogP contribution in [0.5, 0.6) is 0 Å². The van der Waals surface area contributed by atoms with E-state index in [1.165, 1.54) is 0 Å². The smallest absolute Gasteiger partial charge is 0.112 e. The van der Waals surface area contributed by atoms with Gasteiger partial charge >= 0.3 is 0 Å². The molecule has 4 heteroatoms. The van der Waals surface area contributed by atoms with Crippen LogP contribution >= 0.6 is 0 Å². The maximum atomic E-state index is 12.0. The first-order valence-corrected chi connectivity index (χ1v) is 4.41. The van der Waals surface area contributed by atoms with Gasteiger partial charge in [0.25, 0.3) is 0 Å². The van der Waals surface area contributed by atoms with E-state index in [4.69, 9.17) is 0 Å². The lowest BCUT2D eigenvalue weighted by Gasteiger charge is -2.05. The molecule has 72 valence electrons. The number of hydrogen-bond acceptors (Lipinski definition) is 3. The zero-order valence-electron chi connectivity index (χ0n) is 7.57. The van der Waals surface area contributed by atoms with Crippen molar-refractivity contribution in [2.75, 3.05) is 18.5 Å². The Morgan fingerprint density at radius 3 is 3.00 bits per heavy atom. The van der Waals surface area contributed by atoms with Gasteiger partial charge in [-0.1, -0.05) is 0 Å². The van der Waals surface area contributed by atoms with E-state index in [2.05, 4.69) is 15.3 Å². The van der Waals surface area contributed by atoms with Gasteiger partial charge in [-0.3, -0.25) is 9.97 Å². The fourth-order valence-corrected chi connectivity index (χ4v) is 1.30. The lowest BCUT2D eigenvalue weighted by Crippen LogP contribution is -2.04. The van der Waals surface area contributed by atoms with E-state index >= 15 is 0 Å². The first-order valence-electron chi connectivity index (χ1n) is 4.41. The van der Waals surface area contributed by atoms with Crippen LogP contribution in [-0.4, -0.2) is 23.2 Å². The van der Waals surface area contributed by atoms with E-state index < -0.39 is 6.67 Å². The molecule has 0 aliphatic heterocycles. The topological polar surface area (TPSA) is 37.8 Å². The summed E-state index contributed by atoms with van der Waals surface area (Å²) in [6, 6.07) is 5.50. The molecule has 0 unspecified atom stereocenters. The molecule has 0 saturated carbocycles. The summed E-state index contributed by atoms with van der Waals surface area (Å²) < 4.78 is 12.0. The van der Waals surface area contributed by atoms with E-state index in [9.17, 15) is 4.39 Å². The predicted molar refractivity (Wildman–Crippen MR) is 54.0 cm³/mol. The van der Waals surface area contributed by atoms with E-state index in [1.807, 2.05) is 12.1 Å². The highest BCUT2D eigenvalue weighted by Gasteiger charge is 2.00. The van der Waals surface area contributed by atoms with Gasteiger partial charge in [-0.2, -0.15) is 0 Å². The lowest BCUT2D eigenvalue weighted by atomic mass is 10.3. The summed E-state index contributed by atoms with van der Waals surface area (Å²) in [7, 11) is 0. The van der Waals surface area contributed by atoms with Gasteiger partial charge in [0.1, 0.15) is 12.2 Å². The van der Waals surface area contributed by atoms with Gasteiger partial charge < -0.3 is 5.32 Å². The van der Waals surface area contributed by atoms with Gasteiger partial charge in [-0.25, -0.2) is 4.39 Å². The molecule has 0 atom stereocenters. The van der Waals surface area contributed by atoms with Crippen molar-refractivity contribution in [2.45, 2.75) is 0 Å². The van der Waals surface area contributed by atoms with Crippen molar-refractivity contribution in [1.29, 1.82) is 0 Å². The molecule has 0 bridgehead atoms. The number of nitrogens with zero attached hydrogens (tertiary/aromatic N) is 2. The minimum absolute atomic E-state index is 0.301. The Hall–Kier alpha value is -1.71. The van der Waals surface area contributed by atoms with Crippen molar-refractivity contribution in [3.63, 3.8) is 0 Å². The maximum Gasteiger partial charge on any atom is 0.112 e. The summed E-state index contributed by atoms with van der Waals surface area (Å²) in [4.78, 5) is 8.34. The number of anilines is 1. The Balaban J connectivity index is 2.43. The van der Waals surface area contributed by atoms with Crippen LogP contribution in [0.1, 0.15) is 0 Å². The van der Waals surface area contributed by atoms with Gasteiger partial charge in [0.05, 0.1) is 11.2 Å². The molecule has 0 amide bonds. The molecule has 0 saturated heterocycles. The second-order valence-corrected chi connectivity index (χ2v) is 2.85. The molecule has 2 heterocycles. The number of rotatable bonds is 3. The molecule has 3 nitrogen and oxygen atoms in total. The molecule has 0 fully saturated rings. The van der Waals surface area contributed by atoms with Crippen LogP contribution < -0.4 is 5.32 Å². The van der Waals surface area contributed by atoms with Crippen LogP contribution in [0.2, 0.25) is 0 Å². The Kier molecular flexibility index (Phi) is 2.53. The van der Waals surface area contributed by atoms with Crippen LogP contribution in [0.25, 0.3) is 11.0 Å². The zero-order chi connectivity index (χ0) is 9.80. The molecular weight excluding hydrogens is 181 g/mol. The number of halogens is 1. The average molecular weight is 191 g/mol. The van der Waals surface area contributed by atoms with Gasteiger partial charge in [-0.15, -0.1) is 0 Å². The van der Waals surface area contributed by atoms with Crippen molar-refractivity contribution >= 4 is 16.7 Å². The third-order valence-electron chi connectivity index (χ3n) is 1.91. The average Bonchev–Trinajstić information content (AvgIpc) is 2.26. The van der Waals surface area contributed by atoms with E-state index in [0.29, 0.717) is 6.54 Å². The maximum absolute atomic E-state index is 12.0. The van der Waals surface area contributed by atoms with Crippen LogP contribution in [0.3, 0.4) is 0 Å². The van der Waals surface area contributed by atoms with Gasteiger partial charge in [0.15, 0.2) is 0 Å². The van der Waals surface area contributed by atoms with Crippen molar-refractivity contribution in [1.82, 2.24) is 9.97 Å². The second-order valence-electron chi connectivity index (χ2n) is 2.85. The number of nitrogens with one attached hydrogen (secondary N) is 1. The van der Waals surface area contributed by atoms with Crippen molar-refractivity contribution in [2.24, 2.45) is 0 Å². The third-order valence-corrected chi connectivity index (χ3v) is 1.91. The summed E-state index contributed by atoms with van der Waals surface area (Å²) in [6.45, 7) is -0.0909. The SMILES string of the molecule is FCCNc1ccnc2cccnc12. The van der Waals surface area contributed by atoms with Crippen LogP contribution in [0.15, 0.2) is 30.6 Å². The standard InChI is InChI=1S/C10H10FN3/c11-4-7-13-9-3-6-12-8-2-1-5-14-10(8)9/h1-3,5-6H,4,7H2,(H,12,13). The highest BCUT2D eigenvalue weighted by atomic mass is 19.1. The summed E-state index contributed by atoms with van der Waals surface area (Å²) in [5, 5.41) is 2.96. The Morgan fingerprint density at radius 2 is 2.14 bits per heavy atom. The molecule has 14 heavy (non-hydrogen) atoms. The van der Waals surface area contributed by atoms with Gasteiger partial charge in [0, 0.05) is 18.9 Å². The predicted octanol–water partition coefficient (Wildman–Crippen LogP) is 2.01. The number of fused-ring (bicyclic) bond motifs is 1. The van der Waals surface area contributed by atoms with Crippen LogP contribution in [0.4, 0.5) is 10.1 Å². The summed E-state index contributed by atoms with van der Waals surface area (Å²) >= 11 is 0. The minimum Gasteiger partial charge on any atom is -0.381 e. The van der Waals surface area contributed by atoms with Crippen molar-refractivity contribution < 1.29 is 4.39 Å². The molecule has 2 aromatic heterocycles. The monoisotopic (exact) mass is 191 g/mol. The Bertz CT molecular complexity index is 425. The molecule has 2 rings (SSSR count). The lowest BCUT2D eigenvalue weighted by molar-refractivity contribution is 0.513. The number of hydrogen-bond donors (Lipinski definition) is 1. The van der Waals surface area contributed by atoms with Crippen molar-refractivity contribution in [3.8, 4) is 0 Å². The largest absolute Gasteiger partial charge is 0.381 e. The third kappa shape index (κ3) is 1.64. The van der Waals surface area contributed by atoms with Crippen molar-refractivity contribution in [3.05, 3.63) is 30.6 Å². The molecule has 0 aliphatic carbocycles. The van der Waals surface area contributed by atoms with Crippen LogP contribution in [0, 0.1) is 0 Å². The van der Waals surface area contributed by atoms with E-state index in [-0.39, 0.29) is 0 Å². The quantitative estimate of drug-likeness (QED) is 0.806. The first kappa shape index (κ1) is 8.87. The molecule has 2 aromatic rings. The fourth-order valence-electron chi connectivity index (χ4n) is 1.30. The molecule has 0 aromatic carbocycles. The normalized spacial score (nSPS) is 10.4. The van der Waals surface area contributed by atoms with Gasteiger partial charge in [0.2, 0.25) is 0 Å². The second kappa shape index (κ2) is 4.00. The number of pyridine rings is 2. The van der Waals surface area contributed by atoms with E-state index in [1.54, 1.807) is 18.5 Å². The minimum atomic E-state index is -0.392. The molecule has 1 N–H and O–H groups in total. The Morgan fingerprint density at radius 1 is 1.21 bits per heavy atom. The molecule has 0 radical (unpaired) electrons. The van der Waals surface area contributed by atoms with Crippen LogP contribution in [-0.2, 0) is 0 Å². The van der Waals surface area contributed by atoms with Gasteiger partial charge in [-0.05, 0) is 18.2 Å². The van der Waals surface area contributed by atoms with E-state index in [0.717, 1.165) is 16.7 Å². The molecule has 0 spiro atoms. The zero-order valence-corrected chi connectivity index (χ0v) is 7.57. The highest BCUT2D eigenvalue weighted by molar-refractivity contribution is 5.86.